The Morgan fingerprint density at radius 2 is 2.15 bits per heavy atom. The predicted molar refractivity (Wildman–Crippen MR) is 60.1 cm³/mol. The lowest BCUT2D eigenvalue weighted by Crippen LogP contribution is -2.41. The molecule has 0 amide bonds. The fourth-order valence-corrected chi connectivity index (χ4v) is 2.94. The van der Waals surface area contributed by atoms with E-state index in [1.807, 2.05) is 0 Å². The molecule has 1 unspecified atom stereocenters. The Balaban J connectivity index is 3.10. The standard InChI is InChI=1S/C11H19NS/c1-5-11(12,8(2)3)10-9(4)6-7-13-10/h6-8H,5,12H2,1-4H3. The van der Waals surface area contributed by atoms with E-state index in [9.17, 15) is 0 Å². The maximum Gasteiger partial charge on any atom is 0.0527 e. The molecule has 2 N–H and O–H groups in total. The zero-order valence-corrected chi connectivity index (χ0v) is 9.74. The van der Waals surface area contributed by atoms with Crippen LogP contribution in [0.5, 0.6) is 0 Å². The van der Waals surface area contributed by atoms with E-state index < -0.39 is 0 Å². The van der Waals surface area contributed by atoms with Gasteiger partial charge in [-0.05, 0) is 36.3 Å². The molecule has 1 nitrogen and oxygen atoms in total. The summed E-state index contributed by atoms with van der Waals surface area (Å²) in [5, 5.41) is 2.13. The molecule has 1 rings (SSSR count). The molecular weight excluding hydrogens is 178 g/mol. The summed E-state index contributed by atoms with van der Waals surface area (Å²) < 4.78 is 0. The highest BCUT2D eigenvalue weighted by molar-refractivity contribution is 7.10. The van der Waals surface area contributed by atoms with E-state index >= 15 is 0 Å². The molecule has 1 atom stereocenters. The summed E-state index contributed by atoms with van der Waals surface area (Å²) >= 11 is 1.78. The molecule has 13 heavy (non-hydrogen) atoms. The molecule has 0 aliphatic carbocycles. The third kappa shape index (κ3) is 1.79. The number of thiophene rings is 1. The fraction of sp³-hybridized carbons (Fsp3) is 0.636. The summed E-state index contributed by atoms with van der Waals surface area (Å²) in [5.74, 6) is 0.495. The van der Waals surface area contributed by atoms with Crippen molar-refractivity contribution < 1.29 is 0 Å². The van der Waals surface area contributed by atoms with Gasteiger partial charge in [0.2, 0.25) is 0 Å². The molecule has 0 aliphatic rings. The topological polar surface area (TPSA) is 26.0 Å². The highest BCUT2D eigenvalue weighted by Gasteiger charge is 2.31. The van der Waals surface area contributed by atoms with Gasteiger partial charge in [-0.3, -0.25) is 0 Å². The van der Waals surface area contributed by atoms with Crippen molar-refractivity contribution in [1.29, 1.82) is 0 Å². The van der Waals surface area contributed by atoms with Crippen molar-refractivity contribution in [2.45, 2.75) is 39.7 Å². The van der Waals surface area contributed by atoms with Crippen LogP contribution in [-0.4, -0.2) is 0 Å². The lowest BCUT2D eigenvalue weighted by molar-refractivity contribution is 0.311. The third-order valence-corrected chi connectivity index (χ3v) is 4.11. The van der Waals surface area contributed by atoms with Gasteiger partial charge in [-0.1, -0.05) is 20.8 Å². The van der Waals surface area contributed by atoms with Crippen molar-refractivity contribution in [2.24, 2.45) is 11.7 Å². The molecule has 0 fully saturated rings. The summed E-state index contributed by atoms with van der Waals surface area (Å²) in [6.07, 6.45) is 1.01. The second kappa shape index (κ2) is 3.81. The second-order valence-electron chi connectivity index (χ2n) is 3.98. The van der Waals surface area contributed by atoms with Crippen molar-refractivity contribution in [3.05, 3.63) is 21.9 Å². The van der Waals surface area contributed by atoms with Crippen molar-refractivity contribution >= 4 is 11.3 Å². The first-order valence-corrected chi connectivity index (χ1v) is 5.73. The summed E-state index contributed by atoms with van der Waals surface area (Å²) in [5.41, 5.74) is 7.63. The molecule has 1 aromatic heterocycles. The van der Waals surface area contributed by atoms with Crippen LogP contribution in [0.15, 0.2) is 11.4 Å². The first-order valence-electron chi connectivity index (χ1n) is 4.85. The summed E-state index contributed by atoms with van der Waals surface area (Å²) in [7, 11) is 0. The zero-order chi connectivity index (χ0) is 10.1. The normalized spacial score (nSPS) is 16.2. The molecule has 2 heteroatoms. The molecule has 0 aliphatic heterocycles. The third-order valence-electron chi connectivity index (χ3n) is 2.90. The number of hydrogen-bond acceptors (Lipinski definition) is 2. The van der Waals surface area contributed by atoms with Crippen molar-refractivity contribution in [3.63, 3.8) is 0 Å². The maximum absolute atomic E-state index is 6.42. The highest BCUT2D eigenvalue weighted by atomic mass is 32.1. The van der Waals surface area contributed by atoms with E-state index in [-0.39, 0.29) is 5.54 Å². The van der Waals surface area contributed by atoms with Crippen LogP contribution in [0.4, 0.5) is 0 Å². The van der Waals surface area contributed by atoms with Crippen LogP contribution in [0.3, 0.4) is 0 Å². The van der Waals surface area contributed by atoms with E-state index in [1.165, 1.54) is 10.4 Å². The fourth-order valence-electron chi connectivity index (χ4n) is 1.68. The summed E-state index contributed by atoms with van der Waals surface area (Å²) in [4.78, 5) is 1.35. The van der Waals surface area contributed by atoms with Gasteiger partial charge in [0, 0.05) is 4.88 Å². The molecule has 0 aromatic carbocycles. The number of aryl methyl sites for hydroxylation is 1. The van der Waals surface area contributed by atoms with E-state index in [1.54, 1.807) is 11.3 Å². The predicted octanol–water partition coefficient (Wildman–Crippen LogP) is 3.28. The Morgan fingerprint density at radius 3 is 2.46 bits per heavy atom. The van der Waals surface area contributed by atoms with E-state index in [0.717, 1.165) is 6.42 Å². The Labute approximate surface area is 85.0 Å². The molecule has 0 saturated heterocycles. The van der Waals surface area contributed by atoms with Gasteiger partial charge in [-0.25, -0.2) is 0 Å². The average molecular weight is 197 g/mol. The van der Waals surface area contributed by atoms with Gasteiger partial charge in [-0.15, -0.1) is 11.3 Å². The van der Waals surface area contributed by atoms with Gasteiger partial charge in [0.05, 0.1) is 5.54 Å². The lowest BCUT2D eigenvalue weighted by atomic mass is 9.82. The molecule has 74 valence electrons. The number of hydrogen-bond donors (Lipinski definition) is 1. The molecular formula is C11H19NS. The maximum atomic E-state index is 6.42. The van der Waals surface area contributed by atoms with Crippen LogP contribution in [0.2, 0.25) is 0 Å². The number of rotatable bonds is 3. The van der Waals surface area contributed by atoms with Crippen molar-refractivity contribution in [1.82, 2.24) is 0 Å². The zero-order valence-electron chi connectivity index (χ0n) is 8.92. The smallest absolute Gasteiger partial charge is 0.0527 e. The summed E-state index contributed by atoms with van der Waals surface area (Å²) in [6, 6.07) is 2.15. The average Bonchev–Trinajstić information content (AvgIpc) is 2.50. The lowest BCUT2D eigenvalue weighted by Gasteiger charge is -2.32. The largest absolute Gasteiger partial charge is 0.321 e. The van der Waals surface area contributed by atoms with Crippen LogP contribution in [0.1, 0.15) is 37.6 Å². The van der Waals surface area contributed by atoms with Crippen LogP contribution in [0, 0.1) is 12.8 Å². The van der Waals surface area contributed by atoms with Gasteiger partial charge >= 0.3 is 0 Å². The van der Waals surface area contributed by atoms with Crippen LogP contribution in [0.25, 0.3) is 0 Å². The first kappa shape index (κ1) is 10.7. The highest BCUT2D eigenvalue weighted by Crippen LogP contribution is 2.35. The van der Waals surface area contributed by atoms with E-state index in [4.69, 9.17) is 5.73 Å². The Hall–Kier alpha value is -0.340. The minimum Gasteiger partial charge on any atom is -0.321 e. The summed E-state index contributed by atoms with van der Waals surface area (Å²) in [6.45, 7) is 8.70. The monoisotopic (exact) mass is 197 g/mol. The minimum absolute atomic E-state index is 0.127. The molecule has 1 heterocycles. The first-order chi connectivity index (χ1) is 6.02. The quantitative estimate of drug-likeness (QED) is 0.790. The Bertz CT molecular complexity index is 277. The molecule has 1 aromatic rings. The van der Waals surface area contributed by atoms with Crippen LogP contribution < -0.4 is 5.73 Å². The van der Waals surface area contributed by atoms with Gasteiger partial charge in [0.15, 0.2) is 0 Å². The SMILES string of the molecule is CCC(N)(c1sccc1C)C(C)C. The second-order valence-corrected chi connectivity index (χ2v) is 4.90. The van der Waals surface area contributed by atoms with Crippen LogP contribution in [-0.2, 0) is 5.54 Å². The number of nitrogens with two attached hydrogens (primary N) is 1. The van der Waals surface area contributed by atoms with E-state index in [0.29, 0.717) is 5.92 Å². The molecule has 0 spiro atoms. The van der Waals surface area contributed by atoms with Crippen LogP contribution >= 0.6 is 11.3 Å². The van der Waals surface area contributed by atoms with Crippen molar-refractivity contribution in [3.8, 4) is 0 Å². The molecule has 0 bridgehead atoms. The van der Waals surface area contributed by atoms with Gasteiger partial charge in [0.25, 0.3) is 0 Å². The van der Waals surface area contributed by atoms with Crippen molar-refractivity contribution in [2.75, 3.05) is 0 Å². The minimum atomic E-state index is -0.127. The van der Waals surface area contributed by atoms with Gasteiger partial charge in [0.1, 0.15) is 0 Å². The van der Waals surface area contributed by atoms with Gasteiger partial charge in [-0.2, -0.15) is 0 Å². The molecule has 0 saturated carbocycles. The van der Waals surface area contributed by atoms with Gasteiger partial charge < -0.3 is 5.73 Å². The van der Waals surface area contributed by atoms with E-state index in [2.05, 4.69) is 39.1 Å². The Kier molecular flexibility index (Phi) is 3.14. The Morgan fingerprint density at radius 1 is 1.54 bits per heavy atom. The molecule has 0 radical (unpaired) electrons.